The zero-order chi connectivity index (χ0) is 23.5. The lowest BCUT2D eigenvalue weighted by Gasteiger charge is -2.46. The van der Waals surface area contributed by atoms with E-state index in [2.05, 4.69) is 0 Å². The van der Waals surface area contributed by atoms with Crippen LogP contribution in [0.15, 0.2) is 0 Å². The topological polar surface area (TPSA) is 204 Å². The van der Waals surface area contributed by atoms with E-state index in [9.17, 15) is 54.3 Å². The Morgan fingerprint density at radius 2 is 1.21 bits per heavy atom. The molecule has 0 heterocycles. The molecule has 0 aromatic heterocycles. The summed E-state index contributed by atoms with van der Waals surface area (Å²) in [7, 11) is 0. The third-order valence-electron chi connectivity index (χ3n) is 4.72. The van der Waals surface area contributed by atoms with E-state index in [0.717, 1.165) is 6.92 Å². The summed E-state index contributed by atoms with van der Waals surface area (Å²) in [5.41, 5.74) is -12.3. The zero-order valence-electron chi connectivity index (χ0n) is 16.8. The molecule has 0 bridgehead atoms. The lowest BCUT2D eigenvalue weighted by atomic mass is 9.61. The molecule has 164 valence electrons. The van der Waals surface area contributed by atoms with E-state index < -0.39 is 70.1 Å². The standard InChI is InChI=1S/C18H26O11/c1-6-7-12(23)14(25)16(27,9(3)20)18(29,11(5)22)17(28,10(4)21)15(26)13(24)8(2)19/h8,13,19,24,27-29H,6-7H2,1-5H3/t8?,13?,16-,17+,18+/m0/s1. The minimum absolute atomic E-state index is 0.0632. The first-order valence-corrected chi connectivity index (χ1v) is 8.67. The van der Waals surface area contributed by atoms with Gasteiger partial charge in [0.15, 0.2) is 17.3 Å². The monoisotopic (exact) mass is 418 g/mol. The Morgan fingerprint density at radius 1 is 0.793 bits per heavy atom. The number of hydrogen-bond donors (Lipinski definition) is 5. The molecular weight excluding hydrogens is 392 g/mol. The van der Waals surface area contributed by atoms with E-state index in [0.29, 0.717) is 20.8 Å². The number of carbonyl (C=O) groups is 6. The molecule has 0 saturated heterocycles. The van der Waals surface area contributed by atoms with Gasteiger partial charge in [-0.1, -0.05) is 6.92 Å². The number of rotatable bonds is 12. The Kier molecular flexibility index (Phi) is 8.41. The summed E-state index contributed by atoms with van der Waals surface area (Å²) in [5, 5.41) is 51.8. The summed E-state index contributed by atoms with van der Waals surface area (Å²) >= 11 is 0. The van der Waals surface area contributed by atoms with Gasteiger partial charge in [0.25, 0.3) is 0 Å². The molecule has 0 spiro atoms. The first kappa shape index (κ1) is 26.8. The Balaban J connectivity index is 7.25. The average molecular weight is 418 g/mol. The highest BCUT2D eigenvalue weighted by atomic mass is 16.4. The van der Waals surface area contributed by atoms with Crippen LogP contribution in [-0.4, -0.2) is 89.2 Å². The van der Waals surface area contributed by atoms with Gasteiger partial charge in [-0.05, 0) is 34.1 Å². The largest absolute Gasteiger partial charge is 0.390 e. The predicted octanol–water partition coefficient (Wildman–Crippen LogP) is -2.80. The second-order valence-corrected chi connectivity index (χ2v) is 6.85. The summed E-state index contributed by atoms with van der Waals surface area (Å²) in [6.45, 7) is 3.73. The van der Waals surface area contributed by atoms with Gasteiger partial charge in [-0.15, -0.1) is 0 Å². The lowest BCUT2D eigenvalue weighted by molar-refractivity contribution is -0.226. The molecule has 0 aliphatic rings. The van der Waals surface area contributed by atoms with Crippen LogP contribution in [0.2, 0.25) is 0 Å². The quantitative estimate of drug-likeness (QED) is 0.162. The van der Waals surface area contributed by atoms with Crippen molar-refractivity contribution in [2.24, 2.45) is 0 Å². The van der Waals surface area contributed by atoms with Gasteiger partial charge >= 0.3 is 0 Å². The van der Waals surface area contributed by atoms with Crippen molar-refractivity contribution in [3.63, 3.8) is 0 Å². The second-order valence-electron chi connectivity index (χ2n) is 6.85. The molecule has 0 aromatic rings. The van der Waals surface area contributed by atoms with Crippen LogP contribution in [0.1, 0.15) is 47.5 Å². The van der Waals surface area contributed by atoms with E-state index in [4.69, 9.17) is 0 Å². The number of Topliss-reactive ketones (excluding diaryl/α,β-unsaturated/α-hetero) is 6. The van der Waals surface area contributed by atoms with Gasteiger partial charge < -0.3 is 25.5 Å². The third kappa shape index (κ3) is 3.96. The second kappa shape index (κ2) is 9.09. The number of aliphatic hydroxyl groups excluding tert-OH is 2. The highest BCUT2D eigenvalue weighted by Gasteiger charge is 2.76. The van der Waals surface area contributed by atoms with Crippen molar-refractivity contribution >= 4 is 34.7 Å². The van der Waals surface area contributed by atoms with Crippen molar-refractivity contribution in [1.82, 2.24) is 0 Å². The Morgan fingerprint density at radius 3 is 1.48 bits per heavy atom. The number of ketones is 6. The zero-order valence-corrected chi connectivity index (χ0v) is 16.8. The number of aliphatic hydroxyl groups is 5. The van der Waals surface area contributed by atoms with Crippen molar-refractivity contribution in [1.29, 1.82) is 0 Å². The van der Waals surface area contributed by atoms with Gasteiger partial charge in [-0.25, -0.2) is 0 Å². The van der Waals surface area contributed by atoms with Crippen molar-refractivity contribution in [2.45, 2.75) is 76.5 Å². The van der Waals surface area contributed by atoms with Crippen LogP contribution < -0.4 is 0 Å². The van der Waals surface area contributed by atoms with Crippen LogP contribution in [-0.2, 0) is 28.8 Å². The number of carbonyl (C=O) groups excluding carboxylic acids is 6. The number of hydrogen-bond acceptors (Lipinski definition) is 11. The van der Waals surface area contributed by atoms with Crippen LogP contribution in [0, 0.1) is 0 Å². The SMILES string of the molecule is CCCC(=O)C(=O)[C@@](O)(C(C)=O)[C@](O)(C(C)=O)[C@@](O)(C(C)=O)C(=O)C(O)C(C)O. The summed E-state index contributed by atoms with van der Waals surface area (Å²) in [6, 6.07) is 0. The molecule has 0 aromatic carbocycles. The van der Waals surface area contributed by atoms with Crippen LogP contribution in [0.5, 0.6) is 0 Å². The average Bonchev–Trinajstić information content (AvgIpc) is 2.63. The van der Waals surface area contributed by atoms with Crippen LogP contribution in [0.25, 0.3) is 0 Å². The van der Waals surface area contributed by atoms with E-state index in [1.807, 2.05) is 0 Å². The minimum atomic E-state index is -4.18. The van der Waals surface area contributed by atoms with Crippen LogP contribution in [0.3, 0.4) is 0 Å². The highest BCUT2D eigenvalue weighted by Crippen LogP contribution is 2.39. The molecule has 0 rings (SSSR count). The van der Waals surface area contributed by atoms with Crippen LogP contribution >= 0.6 is 0 Å². The minimum Gasteiger partial charge on any atom is -0.390 e. The molecule has 0 aliphatic carbocycles. The van der Waals surface area contributed by atoms with Crippen molar-refractivity contribution < 1.29 is 54.3 Å². The van der Waals surface area contributed by atoms with Crippen molar-refractivity contribution in [2.75, 3.05) is 0 Å². The van der Waals surface area contributed by atoms with Gasteiger partial charge in [0.2, 0.25) is 34.2 Å². The maximum absolute atomic E-state index is 12.6. The van der Waals surface area contributed by atoms with Gasteiger partial charge in [0.1, 0.15) is 6.10 Å². The van der Waals surface area contributed by atoms with E-state index >= 15 is 0 Å². The predicted molar refractivity (Wildman–Crippen MR) is 94.5 cm³/mol. The Labute approximate surface area is 166 Å². The summed E-state index contributed by atoms with van der Waals surface area (Å²) in [6.07, 6.45) is -4.95. The molecule has 29 heavy (non-hydrogen) atoms. The highest BCUT2D eigenvalue weighted by molar-refractivity contribution is 6.46. The molecule has 11 heteroatoms. The smallest absolute Gasteiger partial charge is 0.241 e. The summed E-state index contributed by atoms with van der Waals surface area (Å²) < 4.78 is 0. The maximum Gasteiger partial charge on any atom is 0.241 e. The molecule has 2 unspecified atom stereocenters. The fourth-order valence-electron chi connectivity index (χ4n) is 2.93. The Bertz CT molecular complexity index is 740. The third-order valence-corrected chi connectivity index (χ3v) is 4.72. The fourth-order valence-corrected chi connectivity index (χ4v) is 2.93. The molecule has 0 saturated carbocycles. The van der Waals surface area contributed by atoms with E-state index in [1.165, 1.54) is 6.92 Å². The lowest BCUT2D eigenvalue weighted by Crippen LogP contribution is -2.82. The molecule has 0 aliphatic heterocycles. The molecule has 0 fully saturated rings. The first-order chi connectivity index (χ1) is 13.0. The van der Waals surface area contributed by atoms with Gasteiger partial charge in [-0.3, -0.25) is 28.8 Å². The van der Waals surface area contributed by atoms with Crippen molar-refractivity contribution in [3.8, 4) is 0 Å². The van der Waals surface area contributed by atoms with E-state index in [1.54, 1.807) is 0 Å². The summed E-state index contributed by atoms with van der Waals surface area (Å²) in [5.74, 6) is -10.8. The molecule has 5 N–H and O–H groups in total. The molecule has 11 nitrogen and oxygen atoms in total. The normalized spacial score (nSPS) is 19.7. The van der Waals surface area contributed by atoms with Crippen molar-refractivity contribution in [3.05, 3.63) is 0 Å². The maximum atomic E-state index is 12.6. The molecule has 0 amide bonds. The van der Waals surface area contributed by atoms with Crippen LogP contribution in [0.4, 0.5) is 0 Å². The molecule has 5 atom stereocenters. The van der Waals surface area contributed by atoms with Gasteiger partial charge in [0, 0.05) is 6.42 Å². The summed E-state index contributed by atoms with van der Waals surface area (Å²) in [4.78, 5) is 73.9. The molecular formula is C18H26O11. The Hall–Kier alpha value is -2.18. The fraction of sp³-hybridized carbons (Fsp3) is 0.667. The molecule has 0 radical (unpaired) electrons. The van der Waals surface area contributed by atoms with E-state index in [-0.39, 0.29) is 6.42 Å². The first-order valence-electron chi connectivity index (χ1n) is 8.67. The van der Waals surface area contributed by atoms with Gasteiger partial charge in [-0.2, -0.15) is 0 Å². The van der Waals surface area contributed by atoms with Gasteiger partial charge in [0.05, 0.1) is 6.10 Å².